The number of nitrogens with zero attached hydrogens (tertiary/aromatic N) is 2. The number of carbonyl (C=O) groups is 1. The first-order valence-electron chi connectivity index (χ1n) is 8.92. The number of benzene rings is 1. The Labute approximate surface area is 164 Å². The second-order valence-corrected chi connectivity index (χ2v) is 7.51. The molecule has 0 saturated heterocycles. The molecule has 2 heterocycles. The van der Waals surface area contributed by atoms with Gasteiger partial charge >= 0.3 is 6.18 Å². The van der Waals surface area contributed by atoms with Crippen molar-refractivity contribution >= 4 is 28.3 Å². The minimum atomic E-state index is -4.53. The van der Waals surface area contributed by atoms with Crippen molar-refractivity contribution in [1.82, 2.24) is 9.97 Å². The highest BCUT2D eigenvalue weighted by molar-refractivity contribution is 6.31. The molecule has 3 aromatic rings. The smallest absolute Gasteiger partial charge is 0.299 e. The van der Waals surface area contributed by atoms with Crippen LogP contribution in [0, 0.1) is 0 Å². The summed E-state index contributed by atoms with van der Waals surface area (Å²) in [4.78, 5) is 20.3. The van der Waals surface area contributed by atoms with Crippen molar-refractivity contribution < 1.29 is 18.0 Å². The lowest BCUT2D eigenvalue weighted by Crippen LogP contribution is -2.12. The molecule has 0 spiro atoms. The molecule has 0 unspecified atom stereocenters. The number of alkyl halides is 3. The summed E-state index contributed by atoms with van der Waals surface area (Å²) in [5.41, 5.74) is 2.06. The Morgan fingerprint density at radius 1 is 1.11 bits per heavy atom. The third-order valence-electron chi connectivity index (χ3n) is 4.84. The van der Waals surface area contributed by atoms with E-state index in [9.17, 15) is 18.0 Å². The molecule has 0 N–H and O–H groups in total. The molecule has 1 saturated carbocycles. The van der Waals surface area contributed by atoms with E-state index >= 15 is 0 Å². The number of fused-ring (bicyclic) bond motifs is 1. The SMILES string of the molecule is O=C(Cc1ccnc(C(F)(F)F)c1)Cc1cnc2ccc(Cl)cc2c1C1CC1. The summed E-state index contributed by atoms with van der Waals surface area (Å²) in [6.45, 7) is 0. The van der Waals surface area contributed by atoms with Crippen molar-refractivity contribution in [2.45, 2.75) is 37.8 Å². The van der Waals surface area contributed by atoms with E-state index in [0.29, 0.717) is 16.5 Å². The average Bonchev–Trinajstić information content (AvgIpc) is 3.45. The summed E-state index contributed by atoms with van der Waals surface area (Å²) in [6, 6.07) is 7.86. The van der Waals surface area contributed by atoms with Crippen LogP contribution in [-0.4, -0.2) is 15.8 Å². The third-order valence-corrected chi connectivity index (χ3v) is 5.08. The zero-order valence-corrected chi connectivity index (χ0v) is 15.5. The standard InChI is InChI=1S/C21H16ClF3N2O/c22-15-3-4-18-17(10-15)20(13-1-2-13)14(11-27-18)9-16(28)7-12-5-6-26-19(8-12)21(23,24)25/h3-6,8,10-11,13H,1-2,7,9H2. The number of rotatable bonds is 5. The van der Waals surface area contributed by atoms with Gasteiger partial charge in [0.2, 0.25) is 0 Å². The Bertz CT molecular complexity index is 1060. The summed E-state index contributed by atoms with van der Waals surface area (Å²) in [5.74, 6) is 0.217. The van der Waals surface area contributed by atoms with E-state index < -0.39 is 11.9 Å². The molecule has 1 aliphatic carbocycles. The molecule has 0 aliphatic heterocycles. The third kappa shape index (κ3) is 4.02. The second kappa shape index (κ2) is 7.17. The molecular formula is C21H16ClF3N2O. The van der Waals surface area contributed by atoms with Crippen LogP contribution >= 0.6 is 11.6 Å². The van der Waals surface area contributed by atoms with Crippen molar-refractivity contribution in [2.75, 3.05) is 0 Å². The molecule has 0 amide bonds. The van der Waals surface area contributed by atoms with Crippen LogP contribution in [0.25, 0.3) is 10.9 Å². The van der Waals surface area contributed by atoms with Crippen LogP contribution in [-0.2, 0) is 23.8 Å². The fourth-order valence-electron chi connectivity index (χ4n) is 3.46. The first kappa shape index (κ1) is 18.9. The predicted molar refractivity (Wildman–Crippen MR) is 100 cm³/mol. The van der Waals surface area contributed by atoms with Gasteiger partial charge in [0.25, 0.3) is 0 Å². The van der Waals surface area contributed by atoms with Crippen molar-refractivity contribution in [1.29, 1.82) is 0 Å². The number of halogens is 4. The molecule has 0 radical (unpaired) electrons. The van der Waals surface area contributed by atoms with Gasteiger partial charge in [0.1, 0.15) is 11.5 Å². The average molecular weight is 405 g/mol. The Morgan fingerprint density at radius 2 is 1.89 bits per heavy atom. The van der Waals surface area contributed by atoms with E-state index in [4.69, 9.17) is 11.6 Å². The number of hydrogen-bond donors (Lipinski definition) is 0. The van der Waals surface area contributed by atoms with Gasteiger partial charge in [0, 0.05) is 35.6 Å². The maximum atomic E-state index is 12.8. The monoisotopic (exact) mass is 404 g/mol. The van der Waals surface area contributed by atoms with Gasteiger partial charge in [0.05, 0.1) is 5.52 Å². The summed E-state index contributed by atoms with van der Waals surface area (Å²) in [7, 11) is 0. The van der Waals surface area contributed by atoms with Crippen molar-refractivity contribution in [3.63, 3.8) is 0 Å². The second-order valence-electron chi connectivity index (χ2n) is 7.07. The highest BCUT2D eigenvalue weighted by Crippen LogP contribution is 2.45. The zero-order valence-electron chi connectivity index (χ0n) is 14.8. The number of pyridine rings is 2. The van der Waals surface area contributed by atoms with Gasteiger partial charge < -0.3 is 0 Å². The molecule has 0 bridgehead atoms. The van der Waals surface area contributed by atoms with Crippen LogP contribution in [0.15, 0.2) is 42.7 Å². The summed E-state index contributed by atoms with van der Waals surface area (Å²) in [6.07, 6.45) is 0.405. The van der Waals surface area contributed by atoms with E-state index in [-0.39, 0.29) is 18.6 Å². The lowest BCUT2D eigenvalue weighted by molar-refractivity contribution is -0.141. The maximum absolute atomic E-state index is 12.8. The van der Waals surface area contributed by atoms with E-state index in [1.54, 1.807) is 12.3 Å². The first-order chi connectivity index (χ1) is 13.3. The summed E-state index contributed by atoms with van der Waals surface area (Å²) >= 11 is 6.14. The van der Waals surface area contributed by atoms with Crippen molar-refractivity contribution in [3.05, 3.63) is 70.1 Å². The fraction of sp³-hybridized carbons (Fsp3) is 0.286. The normalized spacial score (nSPS) is 14.4. The van der Waals surface area contributed by atoms with Gasteiger partial charge in [-0.3, -0.25) is 14.8 Å². The van der Waals surface area contributed by atoms with Crippen LogP contribution in [0.4, 0.5) is 13.2 Å². The van der Waals surface area contributed by atoms with Crippen LogP contribution < -0.4 is 0 Å². The quantitative estimate of drug-likeness (QED) is 0.561. The molecule has 4 rings (SSSR count). The predicted octanol–water partition coefficient (Wildman–Crippen LogP) is 5.53. The van der Waals surface area contributed by atoms with Gasteiger partial charge in [-0.25, -0.2) is 0 Å². The largest absolute Gasteiger partial charge is 0.433 e. The van der Waals surface area contributed by atoms with Crippen molar-refractivity contribution in [2.24, 2.45) is 0 Å². The van der Waals surface area contributed by atoms with Crippen molar-refractivity contribution in [3.8, 4) is 0 Å². The van der Waals surface area contributed by atoms with E-state index in [2.05, 4.69) is 9.97 Å². The fourth-order valence-corrected chi connectivity index (χ4v) is 3.64. The molecule has 1 fully saturated rings. The lowest BCUT2D eigenvalue weighted by atomic mass is 9.94. The van der Waals surface area contributed by atoms with Gasteiger partial charge in [-0.05, 0) is 65.8 Å². The Kier molecular flexibility index (Phi) is 4.83. The van der Waals surface area contributed by atoms with Crippen LogP contribution in [0.1, 0.15) is 41.1 Å². The summed E-state index contributed by atoms with van der Waals surface area (Å²) in [5, 5.41) is 1.56. The number of Topliss-reactive ketones (excluding diaryl/α,β-unsaturated/α-hetero) is 1. The van der Waals surface area contributed by atoms with Gasteiger partial charge in [-0.1, -0.05) is 11.6 Å². The van der Waals surface area contributed by atoms with E-state index in [1.807, 2.05) is 12.1 Å². The Hall–Kier alpha value is -2.47. The molecule has 0 atom stereocenters. The van der Waals surface area contributed by atoms with Gasteiger partial charge in [-0.15, -0.1) is 0 Å². The Morgan fingerprint density at radius 3 is 2.61 bits per heavy atom. The van der Waals surface area contributed by atoms with E-state index in [1.165, 1.54) is 6.07 Å². The van der Waals surface area contributed by atoms with Crippen LogP contribution in [0.3, 0.4) is 0 Å². The lowest BCUT2D eigenvalue weighted by Gasteiger charge is -2.12. The topological polar surface area (TPSA) is 42.9 Å². The van der Waals surface area contributed by atoms with Crippen LogP contribution in [0.5, 0.6) is 0 Å². The first-order valence-corrected chi connectivity index (χ1v) is 9.30. The molecule has 3 nitrogen and oxygen atoms in total. The maximum Gasteiger partial charge on any atom is 0.433 e. The number of carbonyl (C=O) groups excluding carboxylic acids is 1. The van der Waals surface area contributed by atoms with Gasteiger partial charge in [0.15, 0.2) is 0 Å². The molecule has 144 valence electrons. The molecule has 1 aliphatic rings. The molecule has 7 heteroatoms. The summed E-state index contributed by atoms with van der Waals surface area (Å²) < 4.78 is 38.4. The minimum Gasteiger partial charge on any atom is -0.299 e. The minimum absolute atomic E-state index is 0.0801. The zero-order chi connectivity index (χ0) is 19.9. The molecular weight excluding hydrogens is 389 g/mol. The van der Waals surface area contributed by atoms with Crippen LogP contribution in [0.2, 0.25) is 5.02 Å². The van der Waals surface area contributed by atoms with Gasteiger partial charge in [-0.2, -0.15) is 13.2 Å². The Balaban J connectivity index is 1.60. The number of hydrogen-bond acceptors (Lipinski definition) is 3. The highest BCUT2D eigenvalue weighted by atomic mass is 35.5. The number of ketones is 1. The molecule has 28 heavy (non-hydrogen) atoms. The molecule has 1 aromatic carbocycles. The highest BCUT2D eigenvalue weighted by Gasteiger charge is 2.32. The number of aromatic nitrogens is 2. The van der Waals surface area contributed by atoms with E-state index in [0.717, 1.165) is 47.1 Å². The molecule has 2 aromatic heterocycles.